The van der Waals surface area contributed by atoms with Gasteiger partial charge in [-0.15, -0.1) is 0 Å². The molecule has 1 amide bonds. The largest absolute Gasteiger partial charge is 0.480 e. The quantitative estimate of drug-likeness (QED) is 0.792. The van der Waals surface area contributed by atoms with Crippen LogP contribution in [0.3, 0.4) is 0 Å². The number of hydrogen-bond donors (Lipinski definition) is 2. The van der Waals surface area contributed by atoms with Crippen LogP contribution in [0, 0.1) is 11.3 Å². The zero-order valence-corrected chi connectivity index (χ0v) is 11.8. The van der Waals surface area contributed by atoms with E-state index in [1.165, 1.54) is 0 Å². The first kappa shape index (κ1) is 16.0. The van der Waals surface area contributed by atoms with Crippen LogP contribution in [0.5, 0.6) is 5.75 Å². The van der Waals surface area contributed by atoms with Crippen LogP contribution in [0.25, 0.3) is 0 Å². The van der Waals surface area contributed by atoms with Crippen LogP contribution in [-0.2, 0) is 4.79 Å². The van der Waals surface area contributed by atoms with Gasteiger partial charge in [0.2, 0.25) is 0 Å². The summed E-state index contributed by atoms with van der Waals surface area (Å²) in [5, 5.41) is 20.7. The molecule has 0 bridgehead atoms. The Kier molecular flexibility index (Phi) is 6.54. The summed E-state index contributed by atoms with van der Waals surface area (Å²) in [6, 6.07) is 8.75. The van der Waals surface area contributed by atoms with E-state index in [0.29, 0.717) is 17.7 Å². The van der Waals surface area contributed by atoms with Crippen molar-refractivity contribution in [2.45, 2.75) is 38.8 Å². The van der Waals surface area contributed by atoms with Gasteiger partial charge in [0.15, 0.2) is 6.10 Å². The molecule has 0 radical (unpaired) electrons. The van der Waals surface area contributed by atoms with E-state index in [9.17, 15) is 4.79 Å². The highest BCUT2D eigenvalue weighted by atomic mass is 16.5. The second-order valence-electron chi connectivity index (χ2n) is 4.49. The van der Waals surface area contributed by atoms with E-state index in [1.807, 2.05) is 13.0 Å². The fourth-order valence-electron chi connectivity index (χ4n) is 1.76. The lowest BCUT2D eigenvalue weighted by Gasteiger charge is -2.20. The summed E-state index contributed by atoms with van der Waals surface area (Å²) in [5.41, 5.74) is 0.398. The van der Waals surface area contributed by atoms with E-state index in [1.54, 1.807) is 31.2 Å². The van der Waals surface area contributed by atoms with Crippen molar-refractivity contribution in [2.75, 3.05) is 6.61 Å². The minimum Gasteiger partial charge on any atom is -0.480 e. The summed E-state index contributed by atoms with van der Waals surface area (Å²) in [7, 11) is 0. The molecule has 108 valence electrons. The summed E-state index contributed by atoms with van der Waals surface area (Å²) in [6.07, 6.45) is 0.564. The molecule has 20 heavy (non-hydrogen) atoms. The lowest BCUT2D eigenvalue weighted by Crippen LogP contribution is -2.42. The Morgan fingerprint density at radius 3 is 2.80 bits per heavy atom. The molecule has 0 aliphatic heterocycles. The predicted octanol–water partition coefficient (Wildman–Crippen LogP) is 1.60. The van der Waals surface area contributed by atoms with Crippen LogP contribution >= 0.6 is 0 Å². The van der Waals surface area contributed by atoms with E-state index in [2.05, 4.69) is 5.32 Å². The van der Waals surface area contributed by atoms with Crippen LogP contribution in [0.4, 0.5) is 0 Å². The number of nitrogens with one attached hydrogen (secondary N) is 1. The number of hydrogen-bond acceptors (Lipinski definition) is 4. The number of carbonyl (C=O) groups excluding carboxylic acids is 1. The maximum absolute atomic E-state index is 12.0. The lowest BCUT2D eigenvalue weighted by atomic mass is 10.1. The summed E-state index contributed by atoms with van der Waals surface area (Å²) >= 11 is 0. The molecular weight excluding hydrogens is 256 g/mol. The summed E-state index contributed by atoms with van der Waals surface area (Å²) in [5.74, 6) is 0.144. The minimum atomic E-state index is -0.697. The van der Waals surface area contributed by atoms with Crippen LogP contribution < -0.4 is 10.1 Å². The zero-order chi connectivity index (χ0) is 15.0. The van der Waals surface area contributed by atoms with Gasteiger partial charge in [-0.25, -0.2) is 0 Å². The van der Waals surface area contributed by atoms with Gasteiger partial charge in [-0.05, 0) is 31.9 Å². The molecule has 0 spiro atoms. The number of ether oxygens (including phenoxy) is 1. The van der Waals surface area contributed by atoms with Crippen molar-refractivity contribution in [3.63, 3.8) is 0 Å². The van der Waals surface area contributed by atoms with Gasteiger partial charge in [0.1, 0.15) is 11.8 Å². The van der Waals surface area contributed by atoms with E-state index < -0.39 is 6.10 Å². The number of aliphatic hydroxyl groups is 1. The minimum absolute atomic E-state index is 0.0330. The van der Waals surface area contributed by atoms with Crippen molar-refractivity contribution in [2.24, 2.45) is 0 Å². The van der Waals surface area contributed by atoms with Gasteiger partial charge in [-0.1, -0.05) is 19.1 Å². The molecular formula is C15H20N2O3. The smallest absolute Gasteiger partial charge is 0.260 e. The Hall–Kier alpha value is -2.06. The summed E-state index contributed by atoms with van der Waals surface area (Å²) in [4.78, 5) is 12.0. The first-order chi connectivity index (χ1) is 9.62. The molecule has 1 rings (SSSR count). The van der Waals surface area contributed by atoms with Crippen molar-refractivity contribution >= 4 is 5.91 Å². The number of nitriles is 1. The molecule has 1 aromatic rings. The molecule has 2 unspecified atom stereocenters. The van der Waals surface area contributed by atoms with Gasteiger partial charge < -0.3 is 15.2 Å². The fraction of sp³-hybridized carbons (Fsp3) is 0.467. The maximum Gasteiger partial charge on any atom is 0.260 e. The number of aliphatic hydroxyl groups excluding tert-OH is 1. The van der Waals surface area contributed by atoms with Crippen molar-refractivity contribution in [1.82, 2.24) is 5.32 Å². The van der Waals surface area contributed by atoms with Gasteiger partial charge in [-0.3, -0.25) is 4.79 Å². The van der Waals surface area contributed by atoms with Crippen LogP contribution in [0.2, 0.25) is 0 Å². The Labute approximate surface area is 119 Å². The normalized spacial score (nSPS) is 13.1. The van der Waals surface area contributed by atoms with Gasteiger partial charge in [0, 0.05) is 12.6 Å². The Morgan fingerprint density at radius 2 is 2.20 bits per heavy atom. The van der Waals surface area contributed by atoms with Crippen molar-refractivity contribution in [1.29, 1.82) is 5.26 Å². The van der Waals surface area contributed by atoms with Crippen molar-refractivity contribution < 1.29 is 14.6 Å². The Bertz CT molecular complexity index is 482. The molecule has 2 atom stereocenters. The Morgan fingerprint density at radius 1 is 1.50 bits per heavy atom. The standard InChI is InChI=1S/C15H20N2O3/c1-3-13(8-9-18)17-15(19)11(2)20-14-7-5-4-6-12(14)10-16/h4-7,11,13,18H,3,8-9H2,1-2H3,(H,17,19). The second-order valence-corrected chi connectivity index (χ2v) is 4.49. The predicted molar refractivity (Wildman–Crippen MR) is 75.2 cm³/mol. The summed E-state index contributed by atoms with van der Waals surface area (Å²) in [6.45, 7) is 3.61. The lowest BCUT2D eigenvalue weighted by molar-refractivity contribution is -0.128. The van der Waals surface area contributed by atoms with Gasteiger partial charge in [-0.2, -0.15) is 5.26 Å². The first-order valence-corrected chi connectivity index (χ1v) is 6.69. The molecule has 0 saturated heterocycles. The topological polar surface area (TPSA) is 82.3 Å². The molecule has 5 nitrogen and oxygen atoms in total. The number of nitrogens with zero attached hydrogens (tertiary/aromatic N) is 1. The molecule has 5 heteroatoms. The number of rotatable bonds is 7. The molecule has 0 saturated carbocycles. The van der Waals surface area contributed by atoms with Crippen LogP contribution in [-0.4, -0.2) is 29.8 Å². The number of para-hydroxylation sites is 1. The maximum atomic E-state index is 12.0. The first-order valence-electron chi connectivity index (χ1n) is 6.69. The Balaban J connectivity index is 2.64. The number of benzene rings is 1. The van der Waals surface area contributed by atoms with Crippen molar-refractivity contribution in [3.05, 3.63) is 29.8 Å². The van der Waals surface area contributed by atoms with Gasteiger partial charge in [0.25, 0.3) is 5.91 Å². The average Bonchev–Trinajstić information content (AvgIpc) is 2.47. The zero-order valence-electron chi connectivity index (χ0n) is 11.8. The van der Waals surface area contributed by atoms with Gasteiger partial charge in [0.05, 0.1) is 5.56 Å². The summed E-state index contributed by atoms with van der Waals surface area (Å²) < 4.78 is 5.52. The van der Waals surface area contributed by atoms with Gasteiger partial charge >= 0.3 is 0 Å². The van der Waals surface area contributed by atoms with Crippen LogP contribution in [0.15, 0.2) is 24.3 Å². The average molecular weight is 276 g/mol. The third-order valence-corrected chi connectivity index (χ3v) is 3.00. The molecule has 0 aromatic heterocycles. The highest BCUT2D eigenvalue weighted by Gasteiger charge is 2.18. The second kappa shape index (κ2) is 8.18. The highest BCUT2D eigenvalue weighted by Crippen LogP contribution is 2.18. The third-order valence-electron chi connectivity index (χ3n) is 3.00. The van der Waals surface area contributed by atoms with E-state index in [-0.39, 0.29) is 18.6 Å². The molecule has 2 N–H and O–H groups in total. The molecule has 1 aromatic carbocycles. The van der Waals surface area contributed by atoms with Crippen molar-refractivity contribution in [3.8, 4) is 11.8 Å². The third kappa shape index (κ3) is 4.56. The van der Waals surface area contributed by atoms with Crippen LogP contribution in [0.1, 0.15) is 32.3 Å². The fourth-order valence-corrected chi connectivity index (χ4v) is 1.76. The number of carbonyl (C=O) groups is 1. The number of amides is 1. The highest BCUT2D eigenvalue weighted by molar-refractivity contribution is 5.81. The molecule has 0 aliphatic rings. The van der Waals surface area contributed by atoms with E-state index in [0.717, 1.165) is 6.42 Å². The molecule has 0 heterocycles. The van der Waals surface area contributed by atoms with E-state index in [4.69, 9.17) is 15.1 Å². The SMILES string of the molecule is CCC(CCO)NC(=O)C(C)Oc1ccccc1C#N. The monoisotopic (exact) mass is 276 g/mol. The molecule has 0 aliphatic carbocycles. The van der Waals surface area contributed by atoms with E-state index >= 15 is 0 Å². The molecule has 0 fully saturated rings.